The van der Waals surface area contributed by atoms with E-state index in [1.54, 1.807) is 18.0 Å². The first-order valence-corrected chi connectivity index (χ1v) is 6.98. The van der Waals surface area contributed by atoms with Crippen LogP contribution in [0.2, 0.25) is 5.02 Å². The van der Waals surface area contributed by atoms with E-state index in [2.05, 4.69) is 0 Å². The zero-order chi connectivity index (χ0) is 14.7. The summed E-state index contributed by atoms with van der Waals surface area (Å²) in [6.45, 7) is 1.92. The van der Waals surface area contributed by atoms with Crippen molar-refractivity contribution in [3.05, 3.63) is 22.7 Å². The average Bonchev–Trinajstić information content (AvgIpc) is 3.17. The number of carbonyl (C=O) groups is 1. The van der Waals surface area contributed by atoms with Gasteiger partial charge in [-0.2, -0.15) is 0 Å². The molecule has 6 heteroatoms. The molecule has 1 aromatic rings. The Morgan fingerprint density at radius 2 is 2.25 bits per heavy atom. The van der Waals surface area contributed by atoms with Gasteiger partial charge in [0.15, 0.2) is 0 Å². The van der Waals surface area contributed by atoms with Crippen molar-refractivity contribution in [2.75, 3.05) is 37.4 Å². The first-order chi connectivity index (χ1) is 9.49. The van der Waals surface area contributed by atoms with Crippen molar-refractivity contribution in [3.63, 3.8) is 0 Å². The fourth-order valence-electron chi connectivity index (χ4n) is 2.02. The number of nitrogens with zero attached hydrogens (tertiary/aromatic N) is 1. The largest absolute Gasteiger partial charge is 0.478 e. The maximum Gasteiger partial charge on any atom is 0.337 e. The molecule has 0 aromatic heterocycles. The second kappa shape index (κ2) is 6.33. The minimum atomic E-state index is -1.04. The van der Waals surface area contributed by atoms with Crippen LogP contribution in [-0.4, -0.2) is 37.9 Å². The quantitative estimate of drug-likeness (QED) is 0.597. The Hall–Kier alpha value is -1.46. The summed E-state index contributed by atoms with van der Waals surface area (Å²) in [6, 6.07) is 2.98. The van der Waals surface area contributed by atoms with E-state index < -0.39 is 5.97 Å². The number of rotatable bonds is 7. The molecule has 0 unspecified atom stereocenters. The lowest BCUT2D eigenvalue weighted by Crippen LogP contribution is -2.25. The Kier molecular flexibility index (Phi) is 4.73. The van der Waals surface area contributed by atoms with Gasteiger partial charge >= 0.3 is 5.97 Å². The van der Waals surface area contributed by atoms with Gasteiger partial charge in [0.05, 0.1) is 22.9 Å². The van der Waals surface area contributed by atoms with Gasteiger partial charge in [0.2, 0.25) is 0 Å². The second-order valence-electron chi connectivity index (χ2n) is 5.14. The lowest BCUT2D eigenvalue weighted by molar-refractivity contribution is 0.0697. The highest BCUT2D eigenvalue weighted by molar-refractivity contribution is 6.34. The zero-order valence-electron chi connectivity index (χ0n) is 11.4. The summed E-state index contributed by atoms with van der Waals surface area (Å²) in [6.07, 6.45) is 2.51. The smallest absolute Gasteiger partial charge is 0.337 e. The molecule has 0 heterocycles. The van der Waals surface area contributed by atoms with Crippen LogP contribution in [0.4, 0.5) is 11.4 Å². The normalized spacial score (nSPS) is 14.3. The molecule has 0 spiro atoms. The molecular formula is C14H19ClN2O3. The molecule has 0 aliphatic heterocycles. The number of hydrogen-bond donors (Lipinski definition) is 2. The summed E-state index contributed by atoms with van der Waals surface area (Å²) < 4.78 is 5.56. The zero-order valence-corrected chi connectivity index (χ0v) is 12.2. The maximum absolute atomic E-state index is 11.3. The van der Waals surface area contributed by atoms with E-state index in [-0.39, 0.29) is 5.56 Å². The Bertz CT molecular complexity index is 503. The average molecular weight is 299 g/mol. The third kappa shape index (κ3) is 3.77. The maximum atomic E-state index is 11.3. The van der Waals surface area contributed by atoms with Crippen LogP contribution in [0.15, 0.2) is 12.1 Å². The molecule has 20 heavy (non-hydrogen) atoms. The van der Waals surface area contributed by atoms with Crippen molar-refractivity contribution in [1.82, 2.24) is 0 Å². The minimum absolute atomic E-state index is 0.111. The lowest BCUT2D eigenvalue weighted by Gasteiger charge is -2.22. The molecule has 0 saturated heterocycles. The molecular weight excluding hydrogens is 280 g/mol. The standard InChI is InChI=1S/C14H19ClN2O3/c1-17(4-5-20-8-9-2-3-9)13-11(14(18)19)6-10(16)7-12(13)15/h6-7,9H,2-5,8,16H2,1H3,(H,18,19). The van der Waals surface area contributed by atoms with E-state index in [1.807, 2.05) is 0 Å². The molecule has 3 N–H and O–H groups in total. The molecule has 1 aromatic carbocycles. The summed E-state index contributed by atoms with van der Waals surface area (Å²) in [4.78, 5) is 13.1. The molecule has 1 aliphatic carbocycles. The van der Waals surface area contributed by atoms with Gasteiger partial charge in [-0.3, -0.25) is 0 Å². The number of likely N-dealkylation sites (N-methyl/N-ethyl adjacent to an activating group) is 1. The summed E-state index contributed by atoms with van der Waals surface area (Å²) in [7, 11) is 1.80. The van der Waals surface area contributed by atoms with Crippen LogP contribution in [0.1, 0.15) is 23.2 Å². The van der Waals surface area contributed by atoms with Gasteiger partial charge < -0.3 is 20.5 Å². The first kappa shape index (κ1) is 14.9. The number of ether oxygens (including phenoxy) is 1. The number of benzene rings is 1. The molecule has 2 rings (SSSR count). The molecule has 1 fully saturated rings. The Morgan fingerprint density at radius 3 is 2.85 bits per heavy atom. The number of nitrogens with two attached hydrogens (primary N) is 1. The molecule has 0 bridgehead atoms. The number of halogens is 1. The fourth-order valence-corrected chi connectivity index (χ4v) is 2.39. The Labute approximate surface area is 123 Å². The SMILES string of the molecule is CN(CCOCC1CC1)c1c(Cl)cc(N)cc1C(=O)O. The van der Waals surface area contributed by atoms with Gasteiger partial charge in [0, 0.05) is 25.9 Å². The third-order valence-electron chi connectivity index (χ3n) is 3.32. The van der Waals surface area contributed by atoms with Crippen LogP contribution in [0.25, 0.3) is 0 Å². The van der Waals surface area contributed by atoms with Gasteiger partial charge in [0.1, 0.15) is 0 Å². The molecule has 1 saturated carbocycles. The van der Waals surface area contributed by atoms with Gasteiger partial charge in [-0.25, -0.2) is 4.79 Å². The van der Waals surface area contributed by atoms with Crippen LogP contribution in [0, 0.1) is 5.92 Å². The van der Waals surface area contributed by atoms with Crippen molar-refractivity contribution in [2.45, 2.75) is 12.8 Å². The van der Waals surface area contributed by atoms with Crippen LogP contribution < -0.4 is 10.6 Å². The molecule has 0 amide bonds. The summed E-state index contributed by atoms with van der Waals surface area (Å²) in [5.74, 6) is -0.324. The molecule has 110 valence electrons. The highest BCUT2D eigenvalue weighted by atomic mass is 35.5. The fraction of sp³-hybridized carbons (Fsp3) is 0.500. The van der Waals surface area contributed by atoms with Gasteiger partial charge in [0.25, 0.3) is 0 Å². The van der Waals surface area contributed by atoms with E-state index in [0.717, 1.165) is 12.5 Å². The second-order valence-corrected chi connectivity index (χ2v) is 5.55. The number of carboxylic acid groups (broad SMARTS) is 1. The van der Waals surface area contributed by atoms with E-state index in [1.165, 1.54) is 18.9 Å². The molecule has 0 atom stereocenters. The molecule has 5 nitrogen and oxygen atoms in total. The Morgan fingerprint density at radius 1 is 1.55 bits per heavy atom. The van der Waals surface area contributed by atoms with Crippen molar-refractivity contribution >= 4 is 28.9 Å². The van der Waals surface area contributed by atoms with Gasteiger partial charge in [-0.05, 0) is 30.9 Å². The lowest BCUT2D eigenvalue weighted by atomic mass is 10.1. The van der Waals surface area contributed by atoms with E-state index in [0.29, 0.717) is 29.5 Å². The number of nitrogen functional groups attached to an aromatic ring is 1. The van der Waals surface area contributed by atoms with Crippen LogP contribution >= 0.6 is 11.6 Å². The van der Waals surface area contributed by atoms with Gasteiger partial charge in [-0.15, -0.1) is 0 Å². The minimum Gasteiger partial charge on any atom is -0.478 e. The van der Waals surface area contributed by atoms with Crippen LogP contribution in [-0.2, 0) is 4.74 Å². The number of aromatic carboxylic acids is 1. The monoisotopic (exact) mass is 298 g/mol. The van der Waals surface area contributed by atoms with E-state index >= 15 is 0 Å². The van der Waals surface area contributed by atoms with Crippen molar-refractivity contribution in [3.8, 4) is 0 Å². The summed E-state index contributed by atoms with van der Waals surface area (Å²) in [5.41, 5.74) is 6.57. The Balaban J connectivity index is 2.03. The third-order valence-corrected chi connectivity index (χ3v) is 3.61. The first-order valence-electron chi connectivity index (χ1n) is 6.60. The predicted molar refractivity (Wildman–Crippen MR) is 79.6 cm³/mol. The number of carboxylic acids is 1. The van der Waals surface area contributed by atoms with Crippen molar-refractivity contribution in [2.24, 2.45) is 5.92 Å². The van der Waals surface area contributed by atoms with Gasteiger partial charge in [-0.1, -0.05) is 11.6 Å². The highest BCUT2D eigenvalue weighted by Gasteiger charge is 2.21. The van der Waals surface area contributed by atoms with Crippen LogP contribution in [0.3, 0.4) is 0 Å². The topological polar surface area (TPSA) is 75.8 Å². The van der Waals surface area contributed by atoms with E-state index in [4.69, 9.17) is 22.1 Å². The number of anilines is 2. The van der Waals surface area contributed by atoms with Crippen molar-refractivity contribution < 1.29 is 14.6 Å². The van der Waals surface area contributed by atoms with Crippen LogP contribution in [0.5, 0.6) is 0 Å². The molecule has 1 aliphatic rings. The predicted octanol–water partition coefficient (Wildman–Crippen LogP) is 2.48. The molecule has 0 radical (unpaired) electrons. The summed E-state index contributed by atoms with van der Waals surface area (Å²) in [5, 5.41) is 9.58. The summed E-state index contributed by atoms with van der Waals surface area (Å²) >= 11 is 6.12. The van der Waals surface area contributed by atoms with Crippen molar-refractivity contribution in [1.29, 1.82) is 0 Å². The highest BCUT2D eigenvalue weighted by Crippen LogP contribution is 2.32. The number of hydrogen-bond acceptors (Lipinski definition) is 4. The van der Waals surface area contributed by atoms with E-state index in [9.17, 15) is 9.90 Å².